The van der Waals surface area contributed by atoms with E-state index in [-0.39, 0.29) is 11.5 Å². The predicted molar refractivity (Wildman–Crippen MR) is 82.5 cm³/mol. The summed E-state index contributed by atoms with van der Waals surface area (Å²) in [4.78, 5) is 4.31. The average molecular weight is 331 g/mol. The summed E-state index contributed by atoms with van der Waals surface area (Å²) in [5, 5.41) is 23.2. The van der Waals surface area contributed by atoms with Gasteiger partial charge in [-0.05, 0) is 36.4 Å². The van der Waals surface area contributed by atoms with Crippen molar-refractivity contribution in [2.75, 3.05) is 5.32 Å². The summed E-state index contributed by atoms with van der Waals surface area (Å²) >= 11 is 3.42. The second kappa shape index (κ2) is 5.02. The van der Waals surface area contributed by atoms with E-state index in [0.717, 1.165) is 21.1 Å². The zero-order valence-corrected chi connectivity index (χ0v) is 11.9. The van der Waals surface area contributed by atoms with Gasteiger partial charge in [-0.1, -0.05) is 15.9 Å². The largest absolute Gasteiger partial charge is 0.508 e. The number of phenols is 2. The maximum absolute atomic E-state index is 9.82. The number of rotatable bonds is 2. The third kappa shape index (κ3) is 2.40. The minimum atomic E-state index is -0.00734. The number of aromatic nitrogens is 1. The molecule has 3 N–H and O–H groups in total. The third-order valence-electron chi connectivity index (χ3n) is 2.96. The molecule has 0 spiro atoms. The van der Waals surface area contributed by atoms with Crippen molar-refractivity contribution in [3.63, 3.8) is 0 Å². The first-order valence-electron chi connectivity index (χ1n) is 5.97. The molecule has 4 nitrogen and oxygen atoms in total. The van der Waals surface area contributed by atoms with Crippen LogP contribution in [0.25, 0.3) is 10.9 Å². The highest BCUT2D eigenvalue weighted by atomic mass is 79.9. The summed E-state index contributed by atoms with van der Waals surface area (Å²) in [5.74, 6) is 0.0173. The Bertz CT molecular complexity index is 790. The monoisotopic (exact) mass is 330 g/mol. The molecule has 0 aliphatic carbocycles. The third-order valence-corrected chi connectivity index (χ3v) is 3.45. The van der Waals surface area contributed by atoms with Crippen LogP contribution in [-0.2, 0) is 0 Å². The molecule has 0 unspecified atom stereocenters. The van der Waals surface area contributed by atoms with Crippen molar-refractivity contribution in [1.82, 2.24) is 4.98 Å². The Morgan fingerprint density at radius 1 is 0.950 bits per heavy atom. The second-order valence-corrected chi connectivity index (χ2v) is 5.26. The smallest absolute Gasteiger partial charge is 0.142 e. The van der Waals surface area contributed by atoms with Gasteiger partial charge >= 0.3 is 0 Å². The molecular weight excluding hydrogens is 320 g/mol. The number of nitrogens with one attached hydrogen (secondary N) is 1. The van der Waals surface area contributed by atoms with Gasteiger partial charge in [-0.25, -0.2) is 0 Å². The number of nitrogens with zero attached hydrogens (tertiary/aromatic N) is 1. The van der Waals surface area contributed by atoms with E-state index in [0.29, 0.717) is 5.69 Å². The molecule has 0 bridgehead atoms. The highest BCUT2D eigenvalue weighted by molar-refractivity contribution is 9.10. The Labute approximate surface area is 123 Å². The second-order valence-electron chi connectivity index (χ2n) is 4.35. The molecule has 3 aromatic rings. The zero-order valence-electron chi connectivity index (χ0n) is 10.3. The van der Waals surface area contributed by atoms with Crippen molar-refractivity contribution in [2.24, 2.45) is 0 Å². The number of hydrogen-bond acceptors (Lipinski definition) is 4. The van der Waals surface area contributed by atoms with Gasteiger partial charge in [0.15, 0.2) is 0 Å². The van der Waals surface area contributed by atoms with E-state index >= 15 is 0 Å². The summed E-state index contributed by atoms with van der Waals surface area (Å²) in [5.41, 5.74) is 2.21. The Morgan fingerprint density at radius 2 is 1.80 bits per heavy atom. The van der Waals surface area contributed by atoms with Crippen molar-refractivity contribution >= 4 is 38.2 Å². The number of fused-ring (bicyclic) bond motifs is 1. The number of anilines is 2. The normalized spacial score (nSPS) is 10.7. The molecule has 0 atom stereocenters. The SMILES string of the molecule is Oc1ccc(Nc2ccnc3cc(Br)ccc23)c(O)c1. The standard InChI is InChI=1S/C15H11BrN2O2/c16-9-1-3-11-12(5-6-17-14(11)7-9)18-13-4-2-10(19)8-15(13)20/h1-8,19-20H,(H,17,18). The Balaban J connectivity index is 2.06. The Morgan fingerprint density at radius 3 is 2.60 bits per heavy atom. The van der Waals surface area contributed by atoms with Crippen LogP contribution in [0.15, 0.2) is 53.1 Å². The lowest BCUT2D eigenvalue weighted by molar-refractivity contribution is 0.452. The van der Waals surface area contributed by atoms with Gasteiger partial charge in [-0.2, -0.15) is 0 Å². The molecule has 2 aromatic carbocycles. The van der Waals surface area contributed by atoms with Crippen LogP contribution in [0.2, 0.25) is 0 Å². The molecular formula is C15H11BrN2O2. The van der Waals surface area contributed by atoms with E-state index in [9.17, 15) is 10.2 Å². The van der Waals surface area contributed by atoms with Crippen LogP contribution in [0.5, 0.6) is 11.5 Å². The number of phenolic OH excluding ortho intramolecular Hbond substituents is 2. The van der Waals surface area contributed by atoms with E-state index < -0.39 is 0 Å². The summed E-state index contributed by atoms with van der Waals surface area (Å²) in [6.07, 6.45) is 1.70. The van der Waals surface area contributed by atoms with E-state index in [4.69, 9.17) is 0 Å². The van der Waals surface area contributed by atoms with Crippen molar-refractivity contribution in [3.05, 3.63) is 53.1 Å². The van der Waals surface area contributed by atoms with Crippen LogP contribution in [0.4, 0.5) is 11.4 Å². The topological polar surface area (TPSA) is 65.4 Å². The predicted octanol–water partition coefficient (Wildman–Crippen LogP) is 4.15. The van der Waals surface area contributed by atoms with Gasteiger partial charge in [-0.3, -0.25) is 4.98 Å². The number of halogens is 1. The lowest BCUT2D eigenvalue weighted by atomic mass is 10.1. The first-order chi connectivity index (χ1) is 9.63. The average Bonchev–Trinajstić information content (AvgIpc) is 2.41. The number of pyridine rings is 1. The fourth-order valence-electron chi connectivity index (χ4n) is 2.00. The van der Waals surface area contributed by atoms with E-state index in [1.165, 1.54) is 12.1 Å². The Hall–Kier alpha value is -2.27. The first-order valence-corrected chi connectivity index (χ1v) is 6.76. The maximum atomic E-state index is 9.82. The number of benzene rings is 2. The van der Waals surface area contributed by atoms with Crippen LogP contribution in [0.3, 0.4) is 0 Å². The molecule has 5 heteroatoms. The molecule has 100 valence electrons. The van der Waals surface area contributed by atoms with Gasteiger partial charge in [0.2, 0.25) is 0 Å². The van der Waals surface area contributed by atoms with E-state index in [1.807, 2.05) is 24.3 Å². The lowest BCUT2D eigenvalue weighted by Gasteiger charge is -2.11. The molecule has 0 radical (unpaired) electrons. The Kier molecular flexibility index (Phi) is 3.20. The molecule has 1 heterocycles. The quantitative estimate of drug-likeness (QED) is 0.487. The molecule has 0 aliphatic rings. The minimum Gasteiger partial charge on any atom is -0.508 e. The zero-order chi connectivity index (χ0) is 14.1. The molecule has 1 aromatic heterocycles. The molecule has 0 fully saturated rings. The summed E-state index contributed by atoms with van der Waals surface area (Å²) in [6, 6.07) is 12.1. The molecule has 0 saturated carbocycles. The highest BCUT2D eigenvalue weighted by Gasteiger charge is 2.06. The summed E-state index contributed by atoms with van der Waals surface area (Å²) < 4.78 is 0.960. The van der Waals surface area contributed by atoms with Gasteiger partial charge in [0, 0.05) is 27.8 Å². The van der Waals surface area contributed by atoms with Crippen molar-refractivity contribution < 1.29 is 10.2 Å². The number of hydrogen-bond donors (Lipinski definition) is 3. The fraction of sp³-hybridized carbons (Fsp3) is 0. The van der Waals surface area contributed by atoms with Gasteiger partial charge < -0.3 is 15.5 Å². The molecule has 0 amide bonds. The lowest BCUT2D eigenvalue weighted by Crippen LogP contribution is -1.93. The number of aromatic hydroxyl groups is 2. The van der Waals surface area contributed by atoms with Crippen molar-refractivity contribution in [1.29, 1.82) is 0 Å². The van der Waals surface area contributed by atoms with E-state index in [2.05, 4.69) is 26.2 Å². The molecule has 20 heavy (non-hydrogen) atoms. The minimum absolute atomic E-state index is 0.00734. The van der Waals surface area contributed by atoms with Crippen LogP contribution in [0.1, 0.15) is 0 Å². The van der Waals surface area contributed by atoms with Gasteiger partial charge in [0.05, 0.1) is 11.2 Å². The van der Waals surface area contributed by atoms with Crippen LogP contribution in [-0.4, -0.2) is 15.2 Å². The van der Waals surface area contributed by atoms with Gasteiger partial charge in [0.25, 0.3) is 0 Å². The van der Waals surface area contributed by atoms with Crippen LogP contribution >= 0.6 is 15.9 Å². The van der Waals surface area contributed by atoms with Crippen LogP contribution in [0, 0.1) is 0 Å². The molecule has 3 rings (SSSR count). The molecule has 0 saturated heterocycles. The first kappa shape index (κ1) is 12.7. The van der Waals surface area contributed by atoms with Crippen molar-refractivity contribution in [2.45, 2.75) is 0 Å². The maximum Gasteiger partial charge on any atom is 0.142 e. The summed E-state index contributed by atoms with van der Waals surface area (Å²) in [6.45, 7) is 0. The van der Waals surface area contributed by atoms with Gasteiger partial charge in [0.1, 0.15) is 11.5 Å². The van der Waals surface area contributed by atoms with Crippen LogP contribution < -0.4 is 5.32 Å². The molecule has 0 aliphatic heterocycles. The fourth-order valence-corrected chi connectivity index (χ4v) is 2.35. The van der Waals surface area contributed by atoms with E-state index in [1.54, 1.807) is 12.3 Å². The van der Waals surface area contributed by atoms with Crippen molar-refractivity contribution in [3.8, 4) is 11.5 Å². The highest BCUT2D eigenvalue weighted by Crippen LogP contribution is 2.32. The van der Waals surface area contributed by atoms with Gasteiger partial charge in [-0.15, -0.1) is 0 Å². The summed E-state index contributed by atoms with van der Waals surface area (Å²) in [7, 11) is 0.